The van der Waals surface area contributed by atoms with E-state index in [9.17, 15) is 18.3 Å². The molecule has 3 aromatic rings. The molecule has 34 heavy (non-hydrogen) atoms. The molecule has 0 unspecified atom stereocenters. The molecule has 8 nitrogen and oxygen atoms in total. The molecule has 3 saturated heterocycles. The van der Waals surface area contributed by atoms with Gasteiger partial charge in [-0.1, -0.05) is 0 Å². The second kappa shape index (κ2) is 8.40. The zero-order valence-corrected chi connectivity index (χ0v) is 18.1. The number of aliphatic hydroxyl groups excluding tert-OH is 1. The second-order valence-corrected chi connectivity index (χ2v) is 8.88. The van der Waals surface area contributed by atoms with Crippen molar-refractivity contribution < 1.29 is 32.5 Å². The summed E-state index contributed by atoms with van der Waals surface area (Å²) in [4.78, 5) is 13.0. The van der Waals surface area contributed by atoms with Crippen molar-refractivity contribution in [3.05, 3.63) is 35.7 Å². The molecule has 0 spiro atoms. The summed E-state index contributed by atoms with van der Waals surface area (Å²) in [5.74, 6) is -2.66. The number of ether oxygens (including phenoxy) is 3. The van der Waals surface area contributed by atoms with E-state index in [4.69, 9.17) is 14.2 Å². The van der Waals surface area contributed by atoms with Crippen LogP contribution < -0.4 is 9.64 Å². The van der Waals surface area contributed by atoms with Gasteiger partial charge >= 0.3 is 0 Å². The lowest BCUT2D eigenvalue weighted by Crippen LogP contribution is -2.34. The molecule has 2 aromatic heterocycles. The molecule has 6 rings (SSSR count). The number of aliphatic hydroxyl groups is 1. The predicted molar refractivity (Wildman–Crippen MR) is 115 cm³/mol. The van der Waals surface area contributed by atoms with Gasteiger partial charge in [0.25, 0.3) is 6.01 Å². The van der Waals surface area contributed by atoms with Crippen molar-refractivity contribution >= 4 is 16.9 Å². The van der Waals surface area contributed by atoms with Crippen LogP contribution in [0.15, 0.2) is 18.2 Å². The number of aromatic amines is 1. The lowest BCUT2D eigenvalue weighted by molar-refractivity contribution is 0.00706. The number of imidazole rings is 1. The molecule has 0 radical (unpaired) electrons. The summed E-state index contributed by atoms with van der Waals surface area (Å²) in [7, 11) is 0. The minimum Gasteiger partial charge on any atom is -0.456 e. The van der Waals surface area contributed by atoms with Crippen molar-refractivity contribution in [2.24, 2.45) is 0 Å². The maximum Gasteiger partial charge on any atom is 0.296 e. The maximum atomic E-state index is 15.0. The summed E-state index contributed by atoms with van der Waals surface area (Å²) in [6, 6.07) is 3.57. The molecule has 5 heterocycles. The molecule has 4 atom stereocenters. The lowest BCUT2D eigenvalue weighted by Gasteiger charge is -2.29. The zero-order chi connectivity index (χ0) is 23.4. The van der Waals surface area contributed by atoms with Gasteiger partial charge in [-0.05, 0) is 31.4 Å². The van der Waals surface area contributed by atoms with Crippen molar-refractivity contribution in [3.8, 4) is 17.3 Å². The molecule has 3 aliphatic heterocycles. The average molecular weight is 476 g/mol. The Morgan fingerprint density at radius 3 is 2.44 bits per heavy atom. The van der Waals surface area contributed by atoms with E-state index < -0.39 is 53.1 Å². The Morgan fingerprint density at radius 1 is 0.941 bits per heavy atom. The van der Waals surface area contributed by atoms with Crippen LogP contribution >= 0.6 is 0 Å². The summed E-state index contributed by atoms with van der Waals surface area (Å²) in [6.07, 6.45) is 0.836. The van der Waals surface area contributed by atoms with E-state index in [1.165, 1.54) is 12.1 Å². The fraction of sp³-hybridized carbons (Fsp3) is 0.478. The van der Waals surface area contributed by atoms with Crippen molar-refractivity contribution in [2.45, 2.75) is 43.7 Å². The van der Waals surface area contributed by atoms with Gasteiger partial charge in [0, 0.05) is 24.8 Å². The van der Waals surface area contributed by atoms with Crippen LogP contribution in [0.3, 0.4) is 0 Å². The van der Waals surface area contributed by atoms with Gasteiger partial charge in [0.05, 0.1) is 24.3 Å². The Balaban J connectivity index is 1.29. The Morgan fingerprint density at radius 2 is 1.68 bits per heavy atom. The summed E-state index contributed by atoms with van der Waals surface area (Å²) in [5, 5.41) is 9.86. The third-order valence-corrected chi connectivity index (χ3v) is 6.63. The zero-order valence-electron chi connectivity index (χ0n) is 18.1. The number of piperidine rings is 1. The van der Waals surface area contributed by atoms with E-state index in [-0.39, 0.29) is 30.4 Å². The smallest absolute Gasteiger partial charge is 0.296 e. The molecule has 3 fully saturated rings. The van der Waals surface area contributed by atoms with Crippen molar-refractivity contribution in [1.29, 1.82) is 0 Å². The number of hydrogen-bond acceptors (Lipinski definition) is 7. The third kappa shape index (κ3) is 3.68. The molecule has 0 aliphatic carbocycles. The molecule has 0 bridgehead atoms. The number of H-pyrrole nitrogens is 1. The number of anilines is 1. The molecular weight excluding hydrogens is 453 g/mol. The molecule has 11 heteroatoms. The van der Waals surface area contributed by atoms with Gasteiger partial charge in [-0.25, -0.2) is 18.2 Å². The first kappa shape index (κ1) is 21.6. The van der Waals surface area contributed by atoms with Crippen molar-refractivity contribution in [2.75, 3.05) is 31.2 Å². The van der Waals surface area contributed by atoms with E-state index in [1.54, 1.807) is 0 Å². The molecule has 2 N–H and O–H groups in total. The molecule has 180 valence electrons. The third-order valence-electron chi connectivity index (χ3n) is 6.63. The molecule has 3 aliphatic rings. The van der Waals surface area contributed by atoms with E-state index >= 15 is 0 Å². The Kier molecular flexibility index (Phi) is 5.34. The van der Waals surface area contributed by atoms with Crippen LogP contribution in [-0.4, -0.2) is 70.8 Å². The van der Waals surface area contributed by atoms with Gasteiger partial charge in [-0.15, -0.1) is 0 Å². The molecule has 0 amide bonds. The van der Waals surface area contributed by atoms with Crippen LogP contribution in [0.25, 0.3) is 22.4 Å². The second-order valence-electron chi connectivity index (χ2n) is 8.88. The number of aromatic nitrogens is 3. The highest BCUT2D eigenvalue weighted by Crippen LogP contribution is 2.34. The fourth-order valence-corrected chi connectivity index (χ4v) is 4.94. The van der Waals surface area contributed by atoms with Crippen LogP contribution in [0.4, 0.5) is 18.9 Å². The van der Waals surface area contributed by atoms with Crippen LogP contribution in [0.1, 0.15) is 19.3 Å². The maximum absolute atomic E-state index is 15.0. The number of fused-ring (bicyclic) bond motifs is 2. The first-order valence-electron chi connectivity index (χ1n) is 11.4. The summed E-state index contributed by atoms with van der Waals surface area (Å²) < 4.78 is 61.7. The first-order chi connectivity index (χ1) is 16.5. The van der Waals surface area contributed by atoms with E-state index in [0.717, 1.165) is 38.4 Å². The number of rotatable bonds is 4. The van der Waals surface area contributed by atoms with Crippen molar-refractivity contribution in [3.63, 3.8) is 0 Å². The number of pyridine rings is 1. The van der Waals surface area contributed by atoms with Gasteiger partial charge < -0.3 is 29.2 Å². The van der Waals surface area contributed by atoms with E-state index in [0.29, 0.717) is 5.69 Å². The fourth-order valence-electron chi connectivity index (χ4n) is 4.94. The summed E-state index contributed by atoms with van der Waals surface area (Å²) in [6.45, 7) is 1.80. The number of halogens is 3. The Hall–Kier alpha value is -2.89. The highest BCUT2D eigenvalue weighted by molar-refractivity contribution is 5.77. The standard InChI is InChI=1S/C23H23F3N4O4/c24-12-6-11(30-4-2-1-3-5-30)7-13(25)18(12)19-14(26)8-15-22(28-19)29-23(27-15)34-17-10-33-20-16(31)9-32-21(17)20/h6-8,16-17,20-21,31H,1-5,9-10H2,(H,27,28,29)/t16-,17-,20-,21-/m1/s1. The monoisotopic (exact) mass is 476 g/mol. The lowest BCUT2D eigenvalue weighted by atomic mass is 10.1. The number of hydrogen-bond donors (Lipinski definition) is 2. The highest BCUT2D eigenvalue weighted by Gasteiger charge is 2.48. The van der Waals surface area contributed by atoms with E-state index in [1.807, 2.05) is 4.90 Å². The summed E-state index contributed by atoms with van der Waals surface area (Å²) >= 11 is 0. The predicted octanol–water partition coefficient (Wildman–Crippen LogP) is 2.94. The normalized spacial score (nSPS) is 26.9. The summed E-state index contributed by atoms with van der Waals surface area (Å²) in [5.41, 5.74) is -0.298. The number of benzene rings is 1. The molecular formula is C23H23F3N4O4. The SMILES string of the molecule is O[C@@H]1CO[C@H]2[C@@H]1OC[C@H]2Oc1nc2nc(-c3c(F)cc(N4CCCCC4)cc3F)c(F)cc2[nH]1. The number of nitrogens with zero attached hydrogens (tertiary/aromatic N) is 3. The highest BCUT2D eigenvalue weighted by atomic mass is 19.1. The van der Waals surface area contributed by atoms with Crippen molar-refractivity contribution in [1.82, 2.24) is 15.0 Å². The minimum absolute atomic E-state index is 0.0414. The Bertz CT molecular complexity index is 1210. The van der Waals surface area contributed by atoms with Gasteiger partial charge in [-0.2, -0.15) is 4.98 Å². The van der Waals surface area contributed by atoms with Crippen LogP contribution in [0.5, 0.6) is 6.01 Å². The van der Waals surface area contributed by atoms with Gasteiger partial charge in [0.15, 0.2) is 17.6 Å². The largest absolute Gasteiger partial charge is 0.456 e. The minimum atomic E-state index is -0.891. The quantitative estimate of drug-likeness (QED) is 0.598. The number of nitrogens with one attached hydrogen (secondary N) is 1. The van der Waals surface area contributed by atoms with Crippen LogP contribution in [0.2, 0.25) is 0 Å². The van der Waals surface area contributed by atoms with Gasteiger partial charge in [-0.3, -0.25) is 0 Å². The van der Waals surface area contributed by atoms with Crippen LogP contribution in [0, 0.1) is 17.5 Å². The van der Waals surface area contributed by atoms with Gasteiger partial charge in [0.2, 0.25) is 0 Å². The molecule has 1 aromatic carbocycles. The molecule has 0 saturated carbocycles. The Labute approximate surface area is 192 Å². The van der Waals surface area contributed by atoms with Gasteiger partial charge in [0.1, 0.15) is 35.6 Å². The average Bonchev–Trinajstić information content (AvgIpc) is 3.51. The van der Waals surface area contributed by atoms with Crippen LogP contribution in [-0.2, 0) is 9.47 Å². The topological polar surface area (TPSA) is 92.7 Å². The first-order valence-corrected chi connectivity index (χ1v) is 11.4. The van der Waals surface area contributed by atoms with E-state index in [2.05, 4.69) is 15.0 Å².